The van der Waals surface area contributed by atoms with Crippen LogP contribution in [0.4, 0.5) is 11.6 Å². The number of nitrogens with one attached hydrogen (secondary N) is 1. The first kappa shape index (κ1) is 12.6. The van der Waals surface area contributed by atoms with E-state index in [4.69, 9.17) is 5.11 Å². The van der Waals surface area contributed by atoms with E-state index in [1.54, 1.807) is 6.07 Å². The number of carboxylic acid groups (broad SMARTS) is 1. The molecular weight excluding hydrogens is 234 g/mol. The highest BCUT2D eigenvalue weighted by molar-refractivity contribution is 5.72. The highest BCUT2D eigenvalue weighted by Crippen LogP contribution is 2.15. The molecule has 0 amide bonds. The predicted molar refractivity (Wildman–Crippen MR) is 67.9 cm³/mol. The van der Waals surface area contributed by atoms with Crippen molar-refractivity contribution in [1.29, 1.82) is 0 Å². The van der Waals surface area contributed by atoms with Gasteiger partial charge in [0.05, 0.1) is 0 Å². The SMILES string of the molecule is CN1CCN(c2cc(NCC(=O)O)ncn2)CC1. The minimum Gasteiger partial charge on any atom is -0.480 e. The summed E-state index contributed by atoms with van der Waals surface area (Å²) in [6.07, 6.45) is 1.46. The number of aliphatic carboxylic acids is 1. The summed E-state index contributed by atoms with van der Waals surface area (Å²) in [6.45, 7) is 3.71. The molecule has 2 rings (SSSR count). The maximum atomic E-state index is 10.5. The standard InChI is InChI=1S/C11H17N5O2/c1-15-2-4-16(5-3-15)10-6-9(13-8-14-10)12-7-11(17)18/h6,8H,2-5,7H2,1H3,(H,17,18)(H,12,13,14). The number of hydrogen-bond donors (Lipinski definition) is 2. The van der Waals surface area contributed by atoms with Crippen LogP contribution in [0.3, 0.4) is 0 Å². The summed E-state index contributed by atoms with van der Waals surface area (Å²) in [6, 6.07) is 1.79. The lowest BCUT2D eigenvalue weighted by molar-refractivity contribution is -0.134. The van der Waals surface area contributed by atoms with E-state index in [1.807, 2.05) is 0 Å². The second-order valence-electron chi connectivity index (χ2n) is 4.30. The summed E-state index contributed by atoms with van der Waals surface area (Å²) >= 11 is 0. The first-order valence-corrected chi connectivity index (χ1v) is 5.86. The second-order valence-corrected chi connectivity index (χ2v) is 4.30. The van der Waals surface area contributed by atoms with Gasteiger partial charge in [-0.15, -0.1) is 0 Å². The Balaban J connectivity index is 2.00. The molecule has 0 spiro atoms. The monoisotopic (exact) mass is 251 g/mol. The Kier molecular flexibility index (Phi) is 3.93. The van der Waals surface area contributed by atoms with Crippen molar-refractivity contribution in [2.45, 2.75) is 0 Å². The van der Waals surface area contributed by atoms with E-state index in [2.05, 4.69) is 32.1 Å². The molecule has 2 N–H and O–H groups in total. The largest absolute Gasteiger partial charge is 0.480 e. The molecule has 1 fully saturated rings. The van der Waals surface area contributed by atoms with Crippen LogP contribution in [0, 0.1) is 0 Å². The molecule has 98 valence electrons. The number of hydrogen-bond acceptors (Lipinski definition) is 6. The van der Waals surface area contributed by atoms with Gasteiger partial charge < -0.3 is 20.2 Å². The third-order valence-electron chi connectivity index (χ3n) is 2.90. The number of carboxylic acids is 1. The molecule has 18 heavy (non-hydrogen) atoms. The summed E-state index contributed by atoms with van der Waals surface area (Å²) < 4.78 is 0. The molecule has 1 aromatic rings. The van der Waals surface area contributed by atoms with Crippen LogP contribution in [0.25, 0.3) is 0 Å². The molecule has 1 saturated heterocycles. The van der Waals surface area contributed by atoms with Crippen molar-refractivity contribution in [2.24, 2.45) is 0 Å². The minimum absolute atomic E-state index is 0.140. The van der Waals surface area contributed by atoms with Gasteiger partial charge in [0.2, 0.25) is 0 Å². The molecule has 7 heteroatoms. The summed E-state index contributed by atoms with van der Waals surface area (Å²) in [5.41, 5.74) is 0. The maximum absolute atomic E-state index is 10.5. The lowest BCUT2D eigenvalue weighted by Gasteiger charge is -2.33. The molecule has 0 radical (unpaired) electrons. The van der Waals surface area contributed by atoms with Crippen LogP contribution in [-0.2, 0) is 4.79 Å². The topological polar surface area (TPSA) is 81.6 Å². The molecule has 2 heterocycles. The third-order valence-corrected chi connectivity index (χ3v) is 2.90. The van der Waals surface area contributed by atoms with Crippen molar-refractivity contribution >= 4 is 17.6 Å². The van der Waals surface area contributed by atoms with E-state index in [0.29, 0.717) is 5.82 Å². The fourth-order valence-corrected chi connectivity index (χ4v) is 1.82. The van der Waals surface area contributed by atoms with Crippen LogP contribution in [0.2, 0.25) is 0 Å². The highest BCUT2D eigenvalue weighted by atomic mass is 16.4. The molecular formula is C11H17N5O2. The number of anilines is 2. The number of piperazine rings is 1. The molecule has 0 bridgehead atoms. The van der Waals surface area contributed by atoms with Gasteiger partial charge in [-0.1, -0.05) is 0 Å². The normalized spacial score (nSPS) is 16.6. The van der Waals surface area contributed by atoms with Crippen molar-refractivity contribution in [2.75, 3.05) is 50.0 Å². The molecule has 0 unspecified atom stereocenters. The Morgan fingerprint density at radius 2 is 2.11 bits per heavy atom. The average Bonchev–Trinajstić information content (AvgIpc) is 2.37. The van der Waals surface area contributed by atoms with Gasteiger partial charge in [0, 0.05) is 32.2 Å². The lowest BCUT2D eigenvalue weighted by atomic mass is 10.3. The van der Waals surface area contributed by atoms with Crippen LogP contribution >= 0.6 is 0 Å². The van der Waals surface area contributed by atoms with E-state index < -0.39 is 5.97 Å². The van der Waals surface area contributed by atoms with Gasteiger partial charge in [-0.05, 0) is 7.05 Å². The van der Waals surface area contributed by atoms with Gasteiger partial charge in [-0.25, -0.2) is 9.97 Å². The first-order valence-electron chi connectivity index (χ1n) is 5.86. The highest BCUT2D eigenvalue weighted by Gasteiger charge is 2.15. The Morgan fingerprint density at radius 1 is 1.39 bits per heavy atom. The van der Waals surface area contributed by atoms with Gasteiger partial charge in [0.25, 0.3) is 0 Å². The van der Waals surface area contributed by atoms with Crippen LogP contribution in [0.5, 0.6) is 0 Å². The molecule has 1 aromatic heterocycles. The Hall–Kier alpha value is -1.89. The Morgan fingerprint density at radius 3 is 2.78 bits per heavy atom. The summed E-state index contributed by atoms with van der Waals surface area (Å²) in [5.74, 6) is 0.474. The van der Waals surface area contributed by atoms with Gasteiger partial charge in [-0.3, -0.25) is 4.79 Å². The molecule has 1 aliphatic rings. The smallest absolute Gasteiger partial charge is 0.322 e. The molecule has 0 aliphatic carbocycles. The number of nitrogens with zero attached hydrogens (tertiary/aromatic N) is 4. The van der Waals surface area contributed by atoms with Gasteiger partial charge in [0.15, 0.2) is 0 Å². The van der Waals surface area contributed by atoms with Crippen molar-refractivity contribution in [3.05, 3.63) is 12.4 Å². The maximum Gasteiger partial charge on any atom is 0.322 e. The zero-order valence-corrected chi connectivity index (χ0v) is 10.3. The zero-order valence-electron chi connectivity index (χ0n) is 10.3. The van der Waals surface area contributed by atoms with Gasteiger partial charge >= 0.3 is 5.97 Å². The summed E-state index contributed by atoms with van der Waals surface area (Å²) in [4.78, 5) is 23.1. The molecule has 7 nitrogen and oxygen atoms in total. The third kappa shape index (κ3) is 3.30. The van der Waals surface area contributed by atoms with E-state index in [0.717, 1.165) is 32.0 Å². The van der Waals surface area contributed by atoms with Crippen LogP contribution in [0.1, 0.15) is 0 Å². The second kappa shape index (κ2) is 5.63. The minimum atomic E-state index is -0.908. The molecule has 0 aromatic carbocycles. The predicted octanol–water partition coefficient (Wildman–Crippen LogP) is -0.275. The zero-order chi connectivity index (χ0) is 13.0. The van der Waals surface area contributed by atoms with E-state index in [9.17, 15) is 4.79 Å². The number of likely N-dealkylation sites (N-methyl/N-ethyl adjacent to an activating group) is 1. The number of rotatable bonds is 4. The molecule has 1 aliphatic heterocycles. The summed E-state index contributed by atoms with van der Waals surface area (Å²) in [7, 11) is 2.09. The van der Waals surface area contributed by atoms with E-state index in [1.165, 1.54) is 6.33 Å². The fourth-order valence-electron chi connectivity index (χ4n) is 1.82. The molecule has 0 atom stereocenters. The van der Waals surface area contributed by atoms with Gasteiger partial charge in [0.1, 0.15) is 24.5 Å². The van der Waals surface area contributed by atoms with Crippen LogP contribution < -0.4 is 10.2 Å². The summed E-state index contributed by atoms with van der Waals surface area (Å²) in [5, 5.41) is 11.3. The first-order chi connectivity index (χ1) is 8.65. The Bertz CT molecular complexity index is 418. The van der Waals surface area contributed by atoms with Gasteiger partial charge in [-0.2, -0.15) is 0 Å². The Labute approximate surface area is 105 Å². The van der Waals surface area contributed by atoms with Crippen molar-refractivity contribution in [1.82, 2.24) is 14.9 Å². The lowest BCUT2D eigenvalue weighted by Crippen LogP contribution is -2.44. The van der Waals surface area contributed by atoms with Crippen LogP contribution in [-0.4, -0.2) is 65.7 Å². The number of aromatic nitrogens is 2. The van der Waals surface area contributed by atoms with Crippen molar-refractivity contribution in [3.63, 3.8) is 0 Å². The van der Waals surface area contributed by atoms with Crippen molar-refractivity contribution in [3.8, 4) is 0 Å². The van der Waals surface area contributed by atoms with E-state index in [-0.39, 0.29) is 6.54 Å². The van der Waals surface area contributed by atoms with E-state index >= 15 is 0 Å². The fraction of sp³-hybridized carbons (Fsp3) is 0.545. The average molecular weight is 251 g/mol. The quantitative estimate of drug-likeness (QED) is 0.762. The van der Waals surface area contributed by atoms with Crippen molar-refractivity contribution < 1.29 is 9.90 Å². The number of carbonyl (C=O) groups is 1. The molecule has 0 saturated carbocycles. The van der Waals surface area contributed by atoms with Crippen LogP contribution in [0.15, 0.2) is 12.4 Å².